The Labute approximate surface area is 149 Å². The quantitative estimate of drug-likeness (QED) is 0.782. The predicted molar refractivity (Wildman–Crippen MR) is 95.1 cm³/mol. The lowest BCUT2D eigenvalue weighted by molar-refractivity contribution is -0.0328. The molecular formula is C17H23F3N4S. The SMILES string of the molecule is CC.Cc1nn2c(NC34CCNCC3C4)cccc2c1SC(F)(F)F. The topological polar surface area (TPSA) is 41.4 Å². The molecule has 1 aliphatic heterocycles. The van der Waals surface area contributed by atoms with Crippen LogP contribution in [0.25, 0.3) is 5.52 Å². The molecule has 2 aliphatic rings. The molecule has 0 aromatic carbocycles. The summed E-state index contributed by atoms with van der Waals surface area (Å²) in [4.78, 5) is 0.177. The minimum absolute atomic E-state index is 0.0801. The number of thioether (sulfide) groups is 1. The van der Waals surface area contributed by atoms with Crippen molar-refractivity contribution in [2.45, 2.75) is 49.6 Å². The Morgan fingerprint density at radius 2 is 2.12 bits per heavy atom. The molecule has 8 heteroatoms. The number of aryl methyl sites for hydroxylation is 1. The van der Waals surface area contributed by atoms with Crippen molar-refractivity contribution in [3.05, 3.63) is 23.9 Å². The molecule has 1 saturated heterocycles. The molecule has 2 N–H and O–H groups in total. The van der Waals surface area contributed by atoms with Gasteiger partial charge >= 0.3 is 5.51 Å². The summed E-state index contributed by atoms with van der Waals surface area (Å²) in [5.74, 6) is 1.36. The van der Waals surface area contributed by atoms with Crippen LogP contribution in [0.1, 0.15) is 32.4 Å². The number of alkyl halides is 3. The standard InChI is InChI=1S/C15H17F3N4S.C2H6/c1-9-13(23-15(16,17)18)11-3-2-4-12(22(11)21-9)20-14-5-6-19-8-10(14)7-14;1-2/h2-4,10,19-20H,5-8H2,1H3;1-2H3. The van der Waals surface area contributed by atoms with Gasteiger partial charge < -0.3 is 10.6 Å². The maximum atomic E-state index is 12.8. The lowest BCUT2D eigenvalue weighted by Gasteiger charge is -2.25. The van der Waals surface area contributed by atoms with Gasteiger partial charge in [-0.15, -0.1) is 0 Å². The average molecular weight is 372 g/mol. The Morgan fingerprint density at radius 1 is 1.36 bits per heavy atom. The zero-order chi connectivity index (χ0) is 18.2. The first-order valence-corrected chi connectivity index (χ1v) is 9.43. The summed E-state index contributed by atoms with van der Waals surface area (Å²) in [5, 5.41) is 11.2. The van der Waals surface area contributed by atoms with Gasteiger partial charge in [-0.2, -0.15) is 18.3 Å². The summed E-state index contributed by atoms with van der Waals surface area (Å²) in [5.41, 5.74) is -3.34. The molecule has 1 saturated carbocycles. The second-order valence-electron chi connectivity index (χ2n) is 6.31. The van der Waals surface area contributed by atoms with Crippen LogP contribution in [0, 0.1) is 12.8 Å². The number of nitrogens with zero attached hydrogens (tertiary/aromatic N) is 2. The Balaban J connectivity index is 0.000000880. The highest BCUT2D eigenvalue weighted by molar-refractivity contribution is 8.00. The van der Waals surface area contributed by atoms with Crippen LogP contribution >= 0.6 is 11.8 Å². The van der Waals surface area contributed by atoms with E-state index in [2.05, 4.69) is 15.7 Å². The van der Waals surface area contributed by atoms with Crippen LogP contribution in [0.5, 0.6) is 0 Å². The number of hydrogen-bond acceptors (Lipinski definition) is 4. The zero-order valence-corrected chi connectivity index (χ0v) is 15.4. The van der Waals surface area contributed by atoms with E-state index in [1.807, 2.05) is 19.9 Å². The van der Waals surface area contributed by atoms with Crippen molar-refractivity contribution < 1.29 is 13.2 Å². The second kappa shape index (κ2) is 6.72. The molecule has 0 radical (unpaired) electrons. The normalized spacial score (nSPS) is 25.1. The highest BCUT2D eigenvalue weighted by Crippen LogP contribution is 2.50. The summed E-state index contributed by atoms with van der Waals surface area (Å²) in [6.07, 6.45) is 2.12. The number of rotatable bonds is 3. The fourth-order valence-corrected chi connectivity index (χ4v) is 4.19. The van der Waals surface area contributed by atoms with Crippen molar-refractivity contribution in [3.63, 3.8) is 0 Å². The summed E-state index contributed by atoms with van der Waals surface area (Å²) in [7, 11) is 0. The molecule has 2 aromatic heterocycles. The smallest absolute Gasteiger partial charge is 0.364 e. The van der Waals surface area contributed by atoms with E-state index in [9.17, 15) is 13.2 Å². The van der Waals surface area contributed by atoms with Crippen LogP contribution in [0.3, 0.4) is 0 Å². The van der Waals surface area contributed by atoms with Crippen LogP contribution in [0.15, 0.2) is 23.1 Å². The number of fused-ring (bicyclic) bond motifs is 2. The van der Waals surface area contributed by atoms with Gasteiger partial charge in [-0.05, 0) is 56.1 Å². The van der Waals surface area contributed by atoms with Crippen molar-refractivity contribution in [1.82, 2.24) is 14.9 Å². The Hall–Kier alpha value is -1.41. The van der Waals surface area contributed by atoms with Gasteiger partial charge in [-0.3, -0.25) is 0 Å². The number of aromatic nitrogens is 2. The number of pyridine rings is 1. The molecule has 2 atom stereocenters. The minimum Gasteiger partial charge on any atom is -0.364 e. The molecule has 2 fully saturated rings. The molecule has 2 unspecified atom stereocenters. The molecule has 0 spiro atoms. The van der Waals surface area contributed by atoms with Gasteiger partial charge in [-0.1, -0.05) is 19.9 Å². The summed E-state index contributed by atoms with van der Waals surface area (Å²) >= 11 is -0.0933. The van der Waals surface area contributed by atoms with Crippen LogP contribution in [0.4, 0.5) is 19.0 Å². The molecule has 0 amide bonds. The molecule has 4 rings (SSSR count). The van der Waals surface area contributed by atoms with E-state index in [0.717, 1.165) is 31.7 Å². The van der Waals surface area contributed by atoms with E-state index in [0.29, 0.717) is 17.1 Å². The molecular weight excluding hydrogens is 349 g/mol. The van der Waals surface area contributed by atoms with E-state index >= 15 is 0 Å². The van der Waals surface area contributed by atoms with E-state index in [-0.39, 0.29) is 22.2 Å². The Morgan fingerprint density at radius 3 is 2.80 bits per heavy atom. The lowest BCUT2D eigenvalue weighted by atomic mass is 10.1. The fraction of sp³-hybridized carbons (Fsp3) is 0.588. The summed E-state index contributed by atoms with van der Waals surface area (Å²) in [6.45, 7) is 7.58. The molecule has 0 bridgehead atoms. The third-order valence-corrected chi connectivity index (χ3v) is 5.68. The Kier molecular flexibility index (Phi) is 4.94. The van der Waals surface area contributed by atoms with E-state index in [4.69, 9.17) is 0 Å². The first kappa shape index (κ1) is 18.4. The van der Waals surface area contributed by atoms with Gasteiger partial charge in [0.15, 0.2) is 0 Å². The largest absolute Gasteiger partial charge is 0.446 e. The van der Waals surface area contributed by atoms with Crippen molar-refractivity contribution >= 4 is 23.1 Å². The highest BCUT2D eigenvalue weighted by Gasteiger charge is 2.55. The van der Waals surface area contributed by atoms with E-state index < -0.39 is 5.51 Å². The number of anilines is 1. The van der Waals surface area contributed by atoms with Crippen LogP contribution in [-0.2, 0) is 0 Å². The monoisotopic (exact) mass is 372 g/mol. The van der Waals surface area contributed by atoms with Gasteiger partial charge in [0.1, 0.15) is 5.82 Å². The fourth-order valence-electron chi connectivity index (χ4n) is 3.51. The summed E-state index contributed by atoms with van der Waals surface area (Å²) in [6, 6.07) is 5.35. The first-order valence-electron chi connectivity index (χ1n) is 8.61. The maximum Gasteiger partial charge on any atom is 0.446 e. The van der Waals surface area contributed by atoms with E-state index in [1.165, 1.54) is 0 Å². The maximum absolute atomic E-state index is 12.8. The molecule has 1 aliphatic carbocycles. The zero-order valence-electron chi connectivity index (χ0n) is 14.6. The average Bonchev–Trinajstić information content (AvgIpc) is 3.21. The van der Waals surface area contributed by atoms with Gasteiger partial charge in [0, 0.05) is 12.1 Å². The lowest BCUT2D eigenvalue weighted by Crippen LogP contribution is -2.38. The van der Waals surface area contributed by atoms with Crippen molar-refractivity contribution in [2.24, 2.45) is 5.92 Å². The second-order valence-corrected chi connectivity index (χ2v) is 7.38. The van der Waals surface area contributed by atoms with Gasteiger partial charge in [-0.25, -0.2) is 4.52 Å². The Bertz CT molecular complexity index is 758. The van der Waals surface area contributed by atoms with Gasteiger partial charge in [0.25, 0.3) is 0 Å². The number of piperidine rings is 1. The molecule has 2 aromatic rings. The van der Waals surface area contributed by atoms with E-state index in [1.54, 1.807) is 23.6 Å². The van der Waals surface area contributed by atoms with Crippen molar-refractivity contribution in [3.8, 4) is 0 Å². The molecule has 4 nitrogen and oxygen atoms in total. The predicted octanol–water partition coefficient (Wildman–Crippen LogP) is 4.44. The van der Waals surface area contributed by atoms with Crippen molar-refractivity contribution in [2.75, 3.05) is 18.4 Å². The van der Waals surface area contributed by atoms with Crippen LogP contribution in [0.2, 0.25) is 0 Å². The molecule has 3 heterocycles. The number of nitrogens with one attached hydrogen (secondary N) is 2. The number of hydrogen-bond donors (Lipinski definition) is 2. The number of halogens is 3. The van der Waals surface area contributed by atoms with Gasteiger partial charge in [0.05, 0.1) is 16.1 Å². The minimum atomic E-state index is -4.31. The first-order chi connectivity index (χ1) is 11.9. The van der Waals surface area contributed by atoms with Gasteiger partial charge in [0.2, 0.25) is 0 Å². The third-order valence-electron chi connectivity index (χ3n) is 4.74. The molecule has 25 heavy (non-hydrogen) atoms. The highest BCUT2D eigenvalue weighted by atomic mass is 32.2. The molecule has 138 valence electrons. The third kappa shape index (κ3) is 3.60. The van der Waals surface area contributed by atoms with Crippen LogP contribution < -0.4 is 10.6 Å². The van der Waals surface area contributed by atoms with Crippen LogP contribution in [-0.4, -0.2) is 33.8 Å². The van der Waals surface area contributed by atoms with Crippen molar-refractivity contribution in [1.29, 1.82) is 0 Å². The summed E-state index contributed by atoms with van der Waals surface area (Å²) < 4.78 is 39.9.